The van der Waals surface area contributed by atoms with Crippen molar-refractivity contribution < 1.29 is 8.22 Å². The van der Waals surface area contributed by atoms with E-state index in [1.807, 2.05) is 62.3 Å². The second-order valence-corrected chi connectivity index (χ2v) is 42.2. The van der Waals surface area contributed by atoms with Gasteiger partial charge in [0.2, 0.25) is 0 Å². The largest absolute Gasteiger partial charge is 0.0651 e. The number of hydrogen-bond acceptors (Lipinski definition) is 0. The summed E-state index contributed by atoms with van der Waals surface area (Å²) >= 11 is 0. The monoisotopic (exact) mass is 1290 g/mol. The Morgan fingerprint density at radius 2 is 0.663 bits per heavy atom. The van der Waals surface area contributed by atoms with Gasteiger partial charge >= 0.3 is 0 Å². The molecule has 0 heterocycles. The molecule has 2 atom stereocenters. The fraction of sp³-hybridized carbons (Fsp3) is 1.00. The molecule has 0 aromatic rings. The summed E-state index contributed by atoms with van der Waals surface area (Å²) in [5.74, 6) is 7.05. The molecule has 0 saturated heterocycles. The predicted molar refractivity (Wildman–Crippen MR) is 421 cm³/mol. The summed E-state index contributed by atoms with van der Waals surface area (Å²) < 4.78 is 43.0. The van der Waals surface area contributed by atoms with Crippen molar-refractivity contribution in [2.75, 3.05) is 0 Å². The van der Waals surface area contributed by atoms with Gasteiger partial charge in [0.05, 0.1) is 0 Å². The van der Waals surface area contributed by atoms with E-state index in [-0.39, 0.29) is 23.1 Å². The van der Waals surface area contributed by atoms with Crippen molar-refractivity contribution in [3.63, 3.8) is 0 Å². The van der Waals surface area contributed by atoms with Crippen LogP contribution in [0, 0.1) is 113 Å². The molecule has 0 heteroatoms. The molecule has 0 radical (unpaired) electrons. The number of hydrogen-bond donors (Lipinski definition) is 0. The summed E-state index contributed by atoms with van der Waals surface area (Å²) in [7, 11) is 0. The van der Waals surface area contributed by atoms with Crippen molar-refractivity contribution >= 4 is 0 Å². The Morgan fingerprint density at radius 1 is 0.380 bits per heavy atom. The zero-order valence-electron chi connectivity index (χ0n) is 75.3. The Bertz CT molecular complexity index is 1980. The Kier molecular flexibility index (Phi) is 34.7. The maximum atomic E-state index is 7.49. The van der Waals surface area contributed by atoms with E-state index in [2.05, 4.69) is 118 Å². The van der Waals surface area contributed by atoms with E-state index in [1.165, 1.54) is 199 Å². The number of rotatable bonds is 2. The van der Waals surface area contributed by atoms with E-state index in [0.29, 0.717) is 32.5 Å². The lowest BCUT2D eigenvalue weighted by Crippen LogP contribution is -2.43. The van der Waals surface area contributed by atoms with E-state index in [1.54, 1.807) is 71.6 Å². The highest BCUT2D eigenvalue weighted by molar-refractivity contribution is 4.99. The van der Waals surface area contributed by atoms with Crippen LogP contribution in [0.5, 0.6) is 0 Å². The molecule has 0 amide bonds. The average Bonchev–Trinajstić information content (AvgIpc) is 1.07. The SMILES string of the molecule is CC(C)(C)C.CC1CCC2(CC1)CC(C)(C)CC(C)(C)C2.CC1CCC2(CC1)CCC(C)(C)CC2.CC1CCC2(CCCC2)CC1.CC1CCC2(CCCCC2)CC1.CCC1(C)CC2CC(C)CC(C2)C1.[2H]C(C)(C)C.[2H]C([2H])(C)C(C)(C)C.[2H]C([2H])(C)C(C)C.[2H]C1(C)CCCC1. The van der Waals surface area contributed by atoms with Crippen LogP contribution in [0.25, 0.3) is 0 Å². The number of fused-ring (bicyclic) bond motifs is 2. The lowest BCUT2D eigenvalue weighted by molar-refractivity contribution is -0.0321. The van der Waals surface area contributed by atoms with Gasteiger partial charge in [0.1, 0.15) is 0 Å². The normalized spacial score (nSPS) is 31.2. The van der Waals surface area contributed by atoms with Crippen LogP contribution in [0.3, 0.4) is 0 Å². The summed E-state index contributed by atoms with van der Waals surface area (Å²) in [5, 5.41) is 0. The summed E-state index contributed by atoms with van der Waals surface area (Å²) in [6.07, 6.45) is 60.2. The smallest absolute Gasteiger partial charge is 0.0300 e. The van der Waals surface area contributed by atoms with Gasteiger partial charge in [-0.25, -0.2) is 0 Å². The molecule has 0 nitrogen and oxygen atoms in total. The molecule has 11 rings (SSSR count). The van der Waals surface area contributed by atoms with Crippen molar-refractivity contribution in [1.82, 2.24) is 0 Å². The predicted octanol–water partition coefficient (Wildman–Crippen LogP) is 32.8. The van der Waals surface area contributed by atoms with Crippen LogP contribution in [0.4, 0.5) is 0 Å². The van der Waals surface area contributed by atoms with E-state index < -0.39 is 12.7 Å². The lowest BCUT2D eigenvalue weighted by Gasteiger charge is -2.54. The standard InChI is InChI=1S/C16H30.C14H26.C13H24.C12H22.C11H20.C6H12.C6H14.2C5H12.C4H10/c1-13-6-8-16(9-7-13)11-14(2,3)10-15(4,5)12-16;1-12-4-6-14(7-5-12)10-8-13(2,3)9-11-14;1-4-13(3)8-11-5-10(2)6-12(7-11)9-13;1-11-5-9-12(10-6-11)7-3-2-4-8-12;1-10-4-8-11(9-5-10)6-2-3-7-11;1-6-4-2-3-5-6;1-5-6(2,3)4;1-5(2,3)4;1-4-5(2)3;1-4(2)3/h13H,6-12H2,1-5H3;12H,4-11H2,1-3H3;10-12H,4-9H2,1-3H3;11H,2-10H2,1H3;10H,2-9H2,1H3;6H,2-5H2,1H3;5H2,1-4H3;1-4H3;5H,4H2,1-3H3;4H,1-3H3/i;;;;;6D;5D2;;4D2;4D. The van der Waals surface area contributed by atoms with E-state index in [0.717, 1.165) is 70.5 Å². The highest BCUT2D eigenvalue weighted by Gasteiger charge is 2.48. The Labute approximate surface area is 594 Å². The second-order valence-electron chi connectivity index (χ2n) is 42.2. The molecule has 0 aromatic carbocycles. The van der Waals surface area contributed by atoms with Crippen molar-refractivity contribution in [2.45, 2.75) is 476 Å². The van der Waals surface area contributed by atoms with Crippen LogP contribution < -0.4 is 0 Å². The molecule has 11 saturated carbocycles. The summed E-state index contributed by atoms with van der Waals surface area (Å²) in [6, 6.07) is 0. The van der Waals surface area contributed by atoms with Crippen LogP contribution in [0.2, 0.25) is 0 Å². The Hall–Kier alpha value is 0. The Morgan fingerprint density at radius 3 is 0.924 bits per heavy atom. The molecule has 4 spiro atoms. The van der Waals surface area contributed by atoms with Gasteiger partial charge in [-0.3, -0.25) is 0 Å². The van der Waals surface area contributed by atoms with E-state index in [9.17, 15) is 0 Å². The topological polar surface area (TPSA) is 0 Å². The van der Waals surface area contributed by atoms with Crippen LogP contribution in [-0.2, 0) is 0 Å². The molecule has 2 unspecified atom stereocenters. The van der Waals surface area contributed by atoms with Gasteiger partial charge in [-0.05, 0) is 267 Å². The molecule has 550 valence electrons. The minimum absolute atomic E-state index is 0.0556. The molecule has 11 aliphatic rings. The minimum atomic E-state index is -1.06. The highest BCUT2D eigenvalue weighted by atomic mass is 14.5. The van der Waals surface area contributed by atoms with Crippen LogP contribution >= 0.6 is 0 Å². The molecule has 11 fully saturated rings. The first-order valence-electron chi connectivity index (χ1n) is 44.4. The molecular weight excluding hydrogens is 1110 g/mol. The molecule has 2 bridgehead atoms. The fourth-order valence-corrected chi connectivity index (χ4v) is 19.7. The molecule has 0 N–H and O–H groups in total. The molecular formula is C92H182. The summed E-state index contributed by atoms with van der Waals surface area (Å²) in [6.45, 7) is 60.9. The van der Waals surface area contributed by atoms with Gasteiger partial charge in [-0.15, -0.1) is 0 Å². The van der Waals surface area contributed by atoms with Crippen LogP contribution in [-0.4, -0.2) is 0 Å². The van der Waals surface area contributed by atoms with E-state index in [4.69, 9.17) is 8.22 Å². The van der Waals surface area contributed by atoms with Crippen LogP contribution in [0.1, 0.15) is 485 Å². The van der Waals surface area contributed by atoms with E-state index >= 15 is 0 Å². The van der Waals surface area contributed by atoms with Gasteiger partial charge in [0.15, 0.2) is 0 Å². The molecule has 0 aromatic heterocycles. The lowest BCUT2D eigenvalue weighted by atomic mass is 9.51. The fourth-order valence-electron chi connectivity index (χ4n) is 19.7. The quantitative estimate of drug-likeness (QED) is 0.259. The van der Waals surface area contributed by atoms with Gasteiger partial charge in [0.25, 0.3) is 0 Å². The molecule has 0 aliphatic heterocycles. The first-order valence-corrected chi connectivity index (χ1v) is 41.4. The van der Waals surface area contributed by atoms with Crippen molar-refractivity contribution in [2.24, 2.45) is 113 Å². The second kappa shape index (κ2) is 41.1. The molecule has 11 aliphatic carbocycles. The maximum Gasteiger partial charge on any atom is 0.0300 e. The first kappa shape index (κ1) is 77.7. The van der Waals surface area contributed by atoms with Gasteiger partial charge in [-0.1, -0.05) is 322 Å². The van der Waals surface area contributed by atoms with Gasteiger partial charge in [0, 0.05) is 8.22 Å². The third kappa shape index (κ3) is 38.5. The van der Waals surface area contributed by atoms with Gasteiger partial charge in [-0.2, -0.15) is 0 Å². The van der Waals surface area contributed by atoms with Crippen molar-refractivity contribution in [1.29, 1.82) is 0 Å². The minimum Gasteiger partial charge on any atom is -0.0651 e. The average molecular weight is 1290 g/mol. The Balaban J connectivity index is 0.000000378. The highest BCUT2D eigenvalue weighted by Crippen LogP contribution is 2.60. The third-order valence-electron chi connectivity index (χ3n) is 25.6. The maximum absolute atomic E-state index is 7.49. The zero-order valence-corrected chi connectivity index (χ0v) is 69.3. The van der Waals surface area contributed by atoms with Crippen molar-refractivity contribution in [3.8, 4) is 0 Å². The zero-order chi connectivity index (χ0) is 75.3. The molecule has 92 heavy (non-hydrogen) atoms. The first-order chi connectivity index (χ1) is 44.4. The summed E-state index contributed by atoms with van der Waals surface area (Å²) in [4.78, 5) is 0. The third-order valence-corrected chi connectivity index (χ3v) is 25.6. The summed E-state index contributed by atoms with van der Waals surface area (Å²) in [5.41, 5.74) is 5.96. The van der Waals surface area contributed by atoms with Gasteiger partial charge < -0.3 is 0 Å². The van der Waals surface area contributed by atoms with Crippen LogP contribution in [0.15, 0.2) is 0 Å². The van der Waals surface area contributed by atoms with Crippen molar-refractivity contribution in [3.05, 3.63) is 0 Å².